The van der Waals surface area contributed by atoms with Gasteiger partial charge in [0.15, 0.2) is 0 Å². The number of benzene rings is 1. The molecule has 1 aromatic rings. The molecule has 0 aromatic heterocycles. The van der Waals surface area contributed by atoms with Crippen molar-refractivity contribution in [2.45, 2.75) is 24.8 Å². The molecule has 0 saturated carbocycles. The lowest BCUT2D eigenvalue weighted by Gasteiger charge is -2.11. The summed E-state index contributed by atoms with van der Waals surface area (Å²) in [4.78, 5) is 0. The Kier molecular flexibility index (Phi) is 5.19. The average molecular weight is 279 g/mol. The van der Waals surface area contributed by atoms with Gasteiger partial charge in [-0.25, -0.2) is 0 Å². The molecule has 18 heavy (non-hydrogen) atoms. The number of alkyl halides is 3. The fraction of sp³-hybridized carbons (Fsp3) is 0.500. The van der Waals surface area contributed by atoms with Gasteiger partial charge in [0.25, 0.3) is 0 Å². The quantitative estimate of drug-likeness (QED) is 0.896. The minimum Gasteiger partial charge on any atom is -0.385 e. The molecule has 102 valence electrons. The monoisotopic (exact) mass is 279 g/mol. The maximum absolute atomic E-state index is 12.3. The Morgan fingerprint density at radius 1 is 1.28 bits per heavy atom. The fourth-order valence-corrected chi connectivity index (χ4v) is 1.81. The smallest absolute Gasteiger partial charge is 0.385 e. The van der Waals surface area contributed by atoms with Crippen LogP contribution < -0.4 is 5.32 Å². The van der Waals surface area contributed by atoms with Gasteiger partial charge in [0.1, 0.15) is 0 Å². The fourth-order valence-electron chi connectivity index (χ4n) is 1.36. The summed E-state index contributed by atoms with van der Waals surface area (Å²) in [5, 5.41) is 3.08. The molecule has 1 aromatic carbocycles. The summed E-state index contributed by atoms with van der Waals surface area (Å²) in [7, 11) is -0.872. The summed E-state index contributed by atoms with van der Waals surface area (Å²) >= 11 is 0. The predicted molar refractivity (Wildman–Crippen MR) is 68.1 cm³/mol. The Hall–Kier alpha value is -1.04. The van der Waals surface area contributed by atoms with Crippen molar-refractivity contribution in [3.05, 3.63) is 29.8 Å². The SMILES string of the molecule is CC(CCNc1ccc(C(F)(F)F)cc1)S(C)=O. The molecule has 0 aliphatic rings. The number of hydrogen-bond donors (Lipinski definition) is 1. The van der Waals surface area contributed by atoms with Gasteiger partial charge in [-0.05, 0) is 30.7 Å². The second kappa shape index (κ2) is 6.22. The molecule has 0 radical (unpaired) electrons. The van der Waals surface area contributed by atoms with Gasteiger partial charge in [-0.1, -0.05) is 6.92 Å². The summed E-state index contributed by atoms with van der Waals surface area (Å²) in [5.41, 5.74) is -0.0202. The lowest BCUT2D eigenvalue weighted by molar-refractivity contribution is -0.137. The van der Waals surface area contributed by atoms with Crippen LogP contribution in [0.4, 0.5) is 18.9 Å². The molecule has 2 unspecified atom stereocenters. The molecule has 0 aliphatic heterocycles. The van der Waals surface area contributed by atoms with Gasteiger partial charge >= 0.3 is 6.18 Å². The second-order valence-corrected chi connectivity index (χ2v) is 5.90. The molecule has 2 nitrogen and oxygen atoms in total. The van der Waals surface area contributed by atoms with Gasteiger partial charge in [0, 0.05) is 34.5 Å². The van der Waals surface area contributed by atoms with Crippen molar-refractivity contribution in [2.24, 2.45) is 0 Å². The van der Waals surface area contributed by atoms with Crippen LogP contribution in [0.2, 0.25) is 0 Å². The Morgan fingerprint density at radius 2 is 1.83 bits per heavy atom. The maximum Gasteiger partial charge on any atom is 0.416 e. The first kappa shape index (κ1) is 15.0. The van der Waals surface area contributed by atoms with Gasteiger partial charge in [-0.15, -0.1) is 0 Å². The van der Waals surface area contributed by atoms with E-state index in [0.717, 1.165) is 12.1 Å². The molecule has 1 rings (SSSR count). The topological polar surface area (TPSA) is 29.1 Å². The summed E-state index contributed by atoms with van der Waals surface area (Å²) in [6.45, 7) is 2.47. The lowest BCUT2D eigenvalue weighted by Crippen LogP contribution is -2.14. The number of nitrogens with one attached hydrogen (secondary N) is 1. The molecular formula is C12H16F3NOS. The standard InChI is InChI=1S/C12H16F3NOS/c1-9(18(2)17)7-8-16-11-5-3-10(4-6-11)12(13,14)15/h3-6,9,16H,7-8H2,1-2H3. The zero-order valence-corrected chi connectivity index (χ0v) is 11.1. The highest BCUT2D eigenvalue weighted by Gasteiger charge is 2.29. The molecule has 2 atom stereocenters. The Bertz CT molecular complexity index is 403. The molecule has 0 spiro atoms. The van der Waals surface area contributed by atoms with Gasteiger partial charge in [-0.3, -0.25) is 4.21 Å². The van der Waals surface area contributed by atoms with Crippen molar-refractivity contribution in [3.8, 4) is 0 Å². The van der Waals surface area contributed by atoms with Crippen molar-refractivity contribution in [1.82, 2.24) is 0 Å². The van der Waals surface area contributed by atoms with Crippen LogP contribution in [0.5, 0.6) is 0 Å². The first-order valence-electron chi connectivity index (χ1n) is 5.54. The number of anilines is 1. The van der Waals surface area contributed by atoms with Gasteiger partial charge in [-0.2, -0.15) is 13.2 Å². The maximum atomic E-state index is 12.3. The van der Waals surface area contributed by atoms with Crippen molar-refractivity contribution in [2.75, 3.05) is 18.1 Å². The number of halogens is 3. The van der Waals surface area contributed by atoms with Crippen LogP contribution in [0.1, 0.15) is 18.9 Å². The normalized spacial score (nSPS) is 15.2. The molecule has 1 N–H and O–H groups in total. The van der Waals surface area contributed by atoms with E-state index in [1.54, 1.807) is 6.26 Å². The molecule has 0 saturated heterocycles. The van der Waals surface area contributed by atoms with Gasteiger partial charge in [0.2, 0.25) is 0 Å². The molecule has 0 heterocycles. The van der Waals surface area contributed by atoms with Crippen LogP contribution in [-0.2, 0) is 17.0 Å². The highest BCUT2D eigenvalue weighted by molar-refractivity contribution is 7.84. The van der Waals surface area contributed by atoms with E-state index in [1.807, 2.05) is 6.92 Å². The van der Waals surface area contributed by atoms with Crippen LogP contribution >= 0.6 is 0 Å². The van der Waals surface area contributed by atoms with E-state index in [4.69, 9.17) is 0 Å². The van der Waals surface area contributed by atoms with Gasteiger partial charge in [0.05, 0.1) is 5.56 Å². The Balaban J connectivity index is 2.47. The summed E-state index contributed by atoms with van der Waals surface area (Å²) < 4.78 is 48.0. The van der Waals surface area contributed by atoms with Crippen molar-refractivity contribution < 1.29 is 17.4 Å². The third-order valence-electron chi connectivity index (χ3n) is 2.66. The van der Waals surface area contributed by atoms with Crippen LogP contribution in [-0.4, -0.2) is 22.3 Å². The highest BCUT2D eigenvalue weighted by atomic mass is 32.2. The zero-order chi connectivity index (χ0) is 13.8. The third-order valence-corrected chi connectivity index (χ3v) is 4.03. The Labute approximate surface area is 107 Å². The predicted octanol–water partition coefficient (Wildman–Crippen LogP) is 3.27. The minimum absolute atomic E-state index is 0.0759. The molecule has 0 aliphatic carbocycles. The molecular weight excluding hydrogens is 263 g/mol. The number of hydrogen-bond acceptors (Lipinski definition) is 2. The molecule has 0 fully saturated rings. The Morgan fingerprint density at radius 3 is 2.28 bits per heavy atom. The molecule has 0 amide bonds. The molecule has 0 bridgehead atoms. The minimum atomic E-state index is -4.30. The van der Waals surface area contributed by atoms with E-state index in [-0.39, 0.29) is 5.25 Å². The van der Waals surface area contributed by atoms with E-state index in [1.165, 1.54) is 12.1 Å². The van der Waals surface area contributed by atoms with E-state index in [2.05, 4.69) is 5.32 Å². The largest absolute Gasteiger partial charge is 0.416 e. The highest BCUT2D eigenvalue weighted by Crippen LogP contribution is 2.29. The van der Waals surface area contributed by atoms with E-state index >= 15 is 0 Å². The third kappa shape index (κ3) is 4.68. The van der Waals surface area contributed by atoms with Crippen molar-refractivity contribution >= 4 is 16.5 Å². The van der Waals surface area contributed by atoms with E-state index in [9.17, 15) is 17.4 Å². The second-order valence-electron chi connectivity index (χ2n) is 4.10. The van der Waals surface area contributed by atoms with Crippen LogP contribution in [0.25, 0.3) is 0 Å². The van der Waals surface area contributed by atoms with Crippen molar-refractivity contribution in [3.63, 3.8) is 0 Å². The summed E-state index contributed by atoms with van der Waals surface area (Å²) in [6, 6.07) is 4.89. The van der Waals surface area contributed by atoms with Crippen molar-refractivity contribution in [1.29, 1.82) is 0 Å². The van der Waals surface area contributed by atoms with E-state index in [0.29, 0.717) is 18.7 Å². The van der Waals surface area contributed by atoms with Crippen LogP contribution in [0.15, 0.2) is 24.3 Å². The first-order valence-corrected chi connectivity index (χ1v) is 7.16. The summed E-state index contributed by atoms with van der Waals surface area (Å²) in [6.07, 6.45) is -1.95. The average Bonchev–Trinajstić information content (AvgIpc) is 2.28. The van der Waals surface area contributed by atoms with Gasteiger partial charge < -0.3 is 5.32 Å². The first-order chi connectivity index (χ1) is 8.30. The molecule has 6 heteroatoms. The van der Waals surface area contributed by atoms with E-state index < -0.39 is 22.5 Å². The summed E-state index contributed by atoms with van der Waals surface area (Å²) in [5.74, 6) is 0. The number of rotatable bonds is 5. The van der Waals surface area contributed by atoms with Crippen LogP contribution in [0, 0.1) is 0 Å². The lowest BCUT2D eigenvalue weighted by atomic mass is 10.2. The zero-order valence-electron chi connectivity index (χ0n) is 10.3. The van der Waals surface area contributed by atoms with Crippen LogP contribution in [0.3, 0.4) is 0 Å².